The van der Waals surface area contributed by atoms with Gasteiger partial charge in [-0.1, -0.05) is 0 Å². The molecular formula is C14H24N4O. The highest BCUT2D eigenvalue weighted by atomic mass is 16.5. The lowest BCUT2D eigenvalue weighted by Gasteiger charge is -2.28. The standard InChI is InChI=1S/C14H24N4O/c1-3-15-4-2-13(1)14-11-16-12-18(14)6-5-17-7-9-19-10-8-17/h11-13,15H,1-10H2. The van der Waals surface area contributed by atoms with Crippen molar-refractivity contribution >= 4 is 0 Å². The molecule has 0 amide bonds. The molecule has 2 fully saturated rings. The zero-order valence-electron chi connectivity index (χ0n) is 11.6. The number of hydrogen-bond acceptors (Lipinski definition) is 4. The maximum atomic E-state index is 5.39. The van der Waals surface area contributed by atoms with Crippen LogP contribution in [0.4, 0.5) is 0 Å². The molecule has 2 saturated heterocycles. The fourth-order valence-electron chi connectivity index (χ4n) is 3.05. The van der Waals surface area contributed by atoms with Crippen molar-refractivity contribution in [2.45, 2.75) is 25.3 Å². The van der Waals surface area contributed by atoms with Crippen LogP contribution in [0.2, 0.25) is 0 Å². The van der Waals surface area contributed by atoms with Gasteiger partial charge in [0.15, 0.2) is 0 Å². The van der Waals surface area contributed by atoms with E-state index in [1.165, 1.54) is 18.5 Å². The fraction of sp³-hybridized carbons (Fsp3) is 0.786. The summed E-state index contributed by atoms with van der Waals surface area (Å²) in [6.45, 7) is 8.33. The minimum atomic E-state index is 0.688. The maximum Gasteiger partial charge on any atom is 0.0948 e. The third-order valence-electron chi connectivity index (χ3n) is 4.26. The molecule has 1 aromatic heterocycles. The molecule has 0 aliphatic carbocycles. The number of ether oxygens (including phenoxy) is 1. The van der Waals surface area contributed by atoms with E-state index < -0.39 is 0 Å². The second-order valence-corrected chi connectivity index (χ2v) is 5.49. The molecule has 0 radical (unpaired) electrons. The highest BCUT2D eigenvalue weighted by Gasteiger charge is 2.19. The second kappa shape index (κ2) is 6.50. The van der Waals surface area contributed by atoms with Gasteiger partial charge in [-0.25, -0.2) is 4.98 Å². The number of nitrogens with zero attached hydrogens (tertiary/aromatic N) is 3. The average Bonchev–Trinajstić information content (AvgIpc) is 2.95. The summed E-state index contributed by atoms with van der Waals surface area (Å²) in [5, 5.41) is 3.43. The van der Waals surface area contributed by atoms with E-state index in [1.807, 2.05) is 6.33 Å². The van der Waals surface area contributed by atoms with Gasteiger partial charge in [0, 0.05) is 44.0 Å². The van der Waals surface area contributed by atoms with Gasteiger partial charge >= 0.3 is 0 Å². The average molecular weight is 264 g/mol. The van der Waals surface area contributed by atoms with E-state index in [1.54, 1.807) is 0 Å². The third-order valence-corrected chi connectivity index (χ3v) is 4.26. The lowest BCUT2D eigenvalue weighted by Crippen LogP contribution is -2.38. The summed E-state index contributed by atoms with van der Waals surface area (Å²) in [5.74, 6) is 0.688. The van der Waals surface area contributed by atoms with Crippen LogP contribution < -0.4 is 5.32 Å². The first-order valence-corrected chi connectivity index (χ1v) is 7.44. The monoisotopic (exact) mass is 264 g/mol. The number of nitrogens with one attached hydrogen (secondary N) is 1. The summed E-state index contributed by atoms with van der Waals surface area (Å²) in [6, 6.07) is 0. The van der Waals surface area contributed by atoms with Gasteiger partial charge < -0.3 is 14.6 Å². The quantitative estimate of drug-likeness (QED) is 0.868. The predicted octanol–water partition coefficient (Wildman–Crippen LogP) is 0.682. The molecule has 2 aliphatic heterocycles. The Bertz CT molecular complexity index is 381. The number of piperidine rings is 1. The molecule has 0 spiro atoms. The van der Waals surface area contributed by atoms with E-state index in [4.69, 9.17) is 4.74 Å². The molecule has 0 bridgehead atoms. The molecule has 0 aromatic carbocycles. The molecule has 106 valence electrons. The first-order chi connectivity index (χ1) is 9.43. The number of morpholine rings is 1. The summed E-state index contributed by atoms with van der Waals surface area (Å²) in [4.78, 5) is 6.84. The van der Waals surface area contributed by atoms with Crippen LogP contribution in [0.15, 0.2) is 12.5 Å². The molecule has 3 rings (SSSR count). The topological polar surface area (TPSA) is 42.3 Å². The first-order valence-electron chi connectivity index (χ1n) is 7.44. The van der Waals surface area contributed by atoms with Crippen LogP contribution >= 0.6 is 0 Å². The zero-order chi connectivity index (χ0) is 12.9. The van der Waals surface area contributed by atoms with Gasteiger partial charge in [-0.2, -0.15) is 0 Å². The Hall–Kier alpha value is -0.910. The minimum absolute atomic E-state index is 0.688. The molecule has 19 heavy (non-hydrogen) atoms. The summed E-state index contributed by atoms with van der Waals surface area (Å²) in [7, 11) is 0. The first kappa shape index (κ1) is 13.1. The Balaban J connectivity index is 1.56. The van der Waals surface area contributed by atoms with Crippen molar-refractivity contribution in [2.75, 3.05) is 45.9 Å². The van der Waals surface area contributed by atoms with E-state index in [0.717, 1.165) is 52.5 Å². The molecule has 1 N–H and O–H groups in total. The van der Waals surface area contributed by atoms with Crippen molar-refractivity contribution in [1.29, 1.82) is 0 Å². The van der Waals surface area contributed by atoms with Gasteiger partial charge in [0.05, 0.1) is 19.5 Å². The summed E-state index contributed by atoms with van der Waals surface area (Å²) in [5.41, 5.74) is 1.43. The van der Waals surface area contributed by atoms with E-state index in [9.17, 15) is 0 Å². The van der Waals surface area contributed by atoms with Gasteiger partial charge in [-0.3, -0.25) is 4.90 Å². The molecule has 1 aromatic rings. The highest BCUT2D eigenvalue weighted by molar-refractivity contribution is 5.07. The van der Waals surface area contributed by atoms with Crippen molar-refractivity contribution in [3.8, 4) is 0 Å². The van der Waals surface area contributed by atoms with Gasteiger partial charge in [0.2, 0.25) is 0 Å². The maximum absolute atomic E-state index is 5.39. The molecule has 3 heterocycles. The van der Waals surface area contributed by atoms with E-state index in [0.29, 0.717) is 5.92 Å². The van der Waals surface area contributed by atoms with Gasteiger partial charge in [0.25, 0.3) is 0 Å². The van der Waals surface area contributed by atoms with Gasteiger partial charge in [0.1, 0.15) is 0 Å². The van der Waals surface area contributed by atoms with Crippen molar-refractivity contribution in [3.63, 3.8) is 0 Å². The highest BCUT2D eigenvalue weighted by Crippen LogP contribution is 2.24. The lowest BCUT2D eigenvalue weighted by atomic mass is 9.95. The minimum Gasteiger partial charge on any atom is -0.379 e. The second-order valence-electron chi connectivity index (χ2n) is 5.49. The summed E-state index contributed by atoms with van der Waals surface area (Å²) >= 11 is 0. The number of imidazole rings is 1. The van der Waals surface area contributed by atoms with Crippen LogP contribution in [-0.2, 0) is 11.3 Å². The van der Waals surface area contributed by atoms with Gasteiger partial charge in [-0.05, 0) is 25.9 Å². The van der Waals surface area contributed by atoms with Gasteiger partial charge in [-0.15, -0.1) is 0 Å². The fourth-order valence-corrected chi connectivity index (χ4v) is 3.05. The molecular weight excluding hydrogens is 240 g/mol. The normalized spacial score (nSPS) is 22.7. The zero-order valence-corrected chi connectivity index (χ0v) is 11.6. The molecule has 0 atom stereocenters. The van der Waals surface area contributed by atoms with E-state index in [2.05, 4.69) is 26.0 Å². The molecule has 5 nitrogen and oxygen atoms in total. The van der Waals surface area contributed by atoms with Crippen molar-refractivity contribution in [3.05, 3.63) is 18.2 Å². The summed E-state index contributed by atoms with van der Waals surface area (Å²) < 4.78 is 7.74. The Morgan fingerprint density at radius 1 is 1.21 bits per heavy atom. The van der Waals surface area contributed by atoms with E-state index >= 15 is 0 Å². The lowest BCUT2D eigenvalue weighted by molar-refractivity contribution is 0.0362. The number of aromatic nitrogens is 2. The van der Waals surface area contributed by atoms with Crippen molar-refractivity contribution in [2.24, 2.45) is 0 Å². The smallest absolute Gasteiger partial charge is 0.0948 e. The Morgan fingerprint density at radius 2 is 2.00 bits per heavy atom. The van der Waals surface area contributed by atoms with Crippen LogP contribution in [0.3, 0.4) is 0 Å². The Labute approximate surface area is 114 Å². The largest absolute Gasteiger partial charge is 0.379 e. The van der Waals surface area contributed by atoms with Crippen molar-refractivity contribution < 1.29 is 4.74 Å². The van der Waals surface area contributed by atoms with Crippen LogP contribution in [0.5, 0.6) is 0 Å². The van der Waals surface area contributed by atoms with Crippen molar-refractivity contribution in [1.82, 2.24) is 19.8 Å². The Kier molecular flexibility index (Phi) is 4.48. The third kappa shape index (κ3) is 3.35. The predicted molar refractivity (Wildman–Crippen MR) is 74.3 cm³/mol. The van der Waals surface area contributed by atoms with E-state index in [-0.39, 0.29) is 0 Å². The number of rotatable bonds is 4. The van der Waals surface area contributed by atoms with Crippen LogP contribution in [0, 0.1) is 0 Å². The molecule has 5 heteroatoms. The Morgan fingerprint density at radius 3 is 2.79 bits per heavy atom. The number of hydrogen-bond donors (Lipinski definition) is 1. The molecule has 0 unspecified atom stereocenters. The van der Waals surface area contributed by atoms with Crippen LogP contribution in [0.1, 0.15) is 24.5 Å². The summed E-state index contributed by atoms with van der Waals surface area (Å²) in [6.07, 6.45) is 6.54. The van der Waals surface area contributed by atoms with Crippen LogP contribution in [0.25, 0.3) is 0 Å². The van der Waals surface area contributed by atoms with Crippen LogP contribution in [-0.4, -0.2) is 60.4 Å². The molecule has 0 saturated carbocycles. The molecule has 2 aliphatic rings. The SMILES string of the molecule is c1ncn(CCN2CCOCC2)c1C1CCNCC1.